The maximum atomic E-state index is 10.5. The van der Waals surface area contributed by atoms with Crippen molar-refractivity contribution in [2.24, 2.45) is 0 Å². The normalized spacial score (nSPS) is 16.6. The van der Waals surface area contributed by atoms with Crippen molar-refractivity contribution < 1.29 is 61.7 Å². The van der Waals surface area contributed by atoms with Crippen LogP contribution in [0.15, 0.2) is 0 Å². The van der Waals surface area contributed by atoms with Gasteiger partial charge in [-0.15, -0.1) is 0 Å². The molecule has 1 aliphatic heterocycles. The number of likely N-dealkylation sites (tertiary alicyclic amines) is 1. The van der Waals surface area contributed by atoms with E-state index in [9.17, 15) is 4.79 Å². The molecule has 0 aromatic rings. The van der Waals surface area contributed by atoms with E-state index in [4.69, 9.17) is 0 Å². The Morgan fingerprint density at radius 3 is 2.22 bits per heavy atom. The molecule has 0 aliphatic carbocycles. The van der Waals surface area contributed by atoms with E-state index in [0.29, 0.717) is 5.91 Å². The average Bonchev–Trinajstić information content (AvgIpc) is 1.91. The first kappa shape index (κ1) is 12.7. The quantitative estimate of drug-likeness (QED) is 0.352. The SMILES string of the molecule is CN1CCCC1=O.[K+].[OH-]. The summed E-state index contributed by atoms with van der Waals surface area (Å²) in [5.74, 6) is 0.292. The molecule has 1 aliphatic rings. The minimum absolute atomic E-state index is 0. The Hall–Kier alpha value is 1.07. The molecule has 1 fully saturated rings. The summed E-state index contributed by atoms with van der Waals surface area (Å²) in [6.45, 7) is 0.957. The van der Waals surface area contributed by atoms with E-state index in [-0.39, 0.29) is 56.9 Å². The van der Waals surface area contributed by atoms with Gasteiger partial charge in [0, 0.05) is 20.0 Å². The number of carbonyl (C=O) groups excluding carboxylic acids is 1. The maximum Gasteiger partial charge on any atom is 1.00 e. The van der Waals surface area contributed by atoms with Crippen LogP contribution >= 0.6 is 0 Å². The molecule has 9 heavy (non-hydrogen) atoms. The first-order chi connectivity index (χ1) is 3.30. The van der Waals surface area contributed by atoms with Gasteiger partial charge >= 0.3 is 51.4 Å². The zero-order chi connectivity index (χ0) is 5.28. The molecule has 1 rings (SSSR count). The Bertz CT molecular complexity index is 97.0. The second-order valence-corrected chi connectivity index (χ2v) is 1.92. The standard InChI is InChI=1S/C5H9NO.K.H2O/c1-6-4-2-3-5(6)7;;/h2-4H2,1H3;;1H2/q;+1;/p-1. The van der Waals surface area contributed by atoms with Gasteiger partial charge in [-0.1, -0.05) is 0 Å². The van der Waals surface area contributed by atoms with E-state index in [1.807, 2.05) is 7.05 Å². The van der Waals surface area contributed by atoms with Crippen LogP contribution in [0.4, 0.5) is 0 Å². The summed E-state index contributed by atoms with van der Waals surface area (Å²) in [5, 5.41) is 0. The first-order valence-electron chi connectivity index (χ1n) is 2.54. The Balaban J connectivity index is 0. The van der Waals surface area contributed by atoms with Crippen molar-refractivity contribution in [2.75, 3.05) is 13.6 Å². The summed E-state index contributed by atoms with van der Waals surface area (Å²) in [4.78, 5) is 12.3. The Kier molecular flexibility index (Phi) is 8.23. The third kappa shape index (κ3) is 3.70. The summed E-state index contributed by atoms with van der Waals surface area (Å²) >= 11 is 0. The van der Waals surface area contributed by atoms with Gasteiger partial charge in [-0.05, 0) is 6.42 Å². The molecule has 1 amide bonds. The third-order valence-corrected chi connectivity index (χ3v) is 1.31. The van der Waals surface area contributed by atoms with Gasteiger partial charge in [-0.3, -0.25) is 4.79 Å². The van der Waals surface area contributed by atoms with Crippen LogP contribution < -0.4 is 51.4 Å². The Labute approximate surface area is 97.5 Å². The van der Waals surface area contributed by atoms with Crippen LogP contribution in [-0.2, 0) is 4.79 Å². The van der Waals surface area contributed by atoms with Gasteiger partial charge in [-0.25, -0.2) is 0 Å². The summed E-state index contributed by atoms with van der Waals surface area (Å²) < 4.78 is 0. The van der Waals surface area contributed by atoms with Crippen LogP contribution in [0.3, 0.4) is 0 Å². The van der Waals surface area contributed by atoms with Gasteiger partial charge in [-0.2, -0.15) is 0 Å². The van der Waals surface area contributed by atoms with Crippen LogP contribution in [0.5, 0.6) is 0 Å². The minimum atomic E-state index is 0. The van der Waals surface area contributed by atoms with Gasteiger partial charge in [0.15, 0.2) is 0 Å². The molecule has 48 valence electrons. The molecule has 1 saturated heterocycles. The molecular formula is C5H10KNO2. The first-order valence-corrected chi connectivity index (χ1v) is 2.54. The van der Waals surface area contributed by atoms with E-state index in [1.165, 1.54) is 0 Å². The Morgan fingerprint density at radius 1 is 1.56 bits per heavy atom. The second kappa shape index (κ2) is 5.82. The second-order valence-electron chi connectivity index (χ2n) is 1.92. The molecule has 4 heteroatoms. The van der Waals surface area contributed by atoms with Crippen molar-refractivity contribution in [1.29, 1.82) is 0 Å². The van der Waals surface area contributed by atoms with Gasteiger partial charge in [0.05, 0.1) is 0 Å². The van der Waals surface area contributed by atoms with Crippen molar-refractivity contribution >= 4 is 5.91 Å². The fourth-order valence-corrected chi connectivity index (χ4v) is 0.783. The molecule has 0 aromatic carbocycles. The number of hydrogen-bond donors (Lipinski definition) is 0. The van der Waals surface area contributed by atoms with Crippen LogP contribution in [-0.4, -0.2) is 29.9 Å². The van der Waals surface area contributed by atoms with Crippen molar-refractivity contribution in [3.8, 4) is 0 Å². The van der Waals surface area contributed by atoms with Crippen molar-refractivity contribution in [3.05, 3.63) is 0 Å². The fraction of sp³-hybridized carbons (Fsp3) is 0.800. The van der Waals surface area contributed by atoms with E-state index >= 15 is 0 Å². The number of amides is 1. The maximum absolute atomic E-state index is 10.5. The topological polar surface area (TPSA) is 50.3 Å². The van der Waals surface area contributed by atoms with Crippen molar-refractivity contribution in [3.63, 3.8) is 0 Å². The number of hydrogen-bond acceptors (Lipinski definition) is 2. The monoisotopic (exact) mass is 155 g/mol. The zero-order valence-electron chi connectivity index (χ0n) is 5.92. The Morgan fingerprint density at radius 2 is 2.11 bits per heavy atom. The molecule has 0 atom stereocenters. The summed E-state index contributed by atoms with van der Waals surface area (Å²) in [7, 11) is 1.84. The summed E-state index contributed by atoms with van der Waals surface area (Å²) in [5.41, 5.74) is 0. The zero-order valence-corrected chi connectivity index (χ0v) is 9.05. The molecule has 0 radical (unpaired) electrons. The summed E-state index contributed by atoms with van der Waals surface area (Å²) in [6.07, 6.45) is 1.81. The van der Waals surface area contributed by atoms with Gasteiger partial charge in [0.1, 0.15) is 0 Å². The molecular weight excluding hydrogens is 145 g/mol. The molecule has 0 saturated carbocycles. The molecule has 0 bridgehead atoms. The largest absolute Gasteiger partial charge is 1.00 e. The van der Waals surface area contributed by atoms with E-state index in [1.54, 1.807) is 4.90 Å². The minimum Gasteiger partial charge on any atom is -0.870 e. The van der Waals surface area contributed by atoms with Gasteiger partial charge < -0.3 is 10.4 Å². The van der Waals surface area contributed by atoms with Crippen LogP contribution in [0.1, 0.15) is 12.8 Å². The smallest absolute Gasteiger partial charge is 0.870 e. The predicted molar refractivity (Wildman–Crippen MR) is 28.8 cm³/mol. The van der Waals surface area contributed by atoms with Gasteiger partial charge in [0.2, 0.25) is 5.91 Å². The fourth-order valence-electron chi connectivity index (χ4n) is 0.783. The predicted octanol–water partition coefficient (Wildman–Crippen LogP) is -2.93. The van der Waals surface area contributed by atoms with Crippen molar-refractivity contribution in [1.82, 2.24) is 4.90 Å². The van der Waals surface area contributed by atoms with Crippen molar-refractivity contribution in [2.45, 2.75) is 12.8 Å². The molecule has 1 heterocycles. The molecule has 0 spiro atoms. The van der Waals surface area contributed by atoms with Crippen LogP contribution in [0.25, 0.3) is 0 Å². The van der Waals surface area contributed by atoms with E-state index < -0.39 is 0 Å². The molecule has 1 N–H and O–H groups in total. The van der Waals surface area contributed by atoms with Gasteiger partial charge in [0.25, 0.3) is 0 Å². The van der Waals surface area contributed by atoms with E-state index in [0.717, 1.165) is 19.4 Å². The number of nitrogens with zero attached hydrogens (tertiary/aromatic N) is 1. The van der Waals surface area contributed by atoms with Crippen LogP contribution in [0.2, 0.25) is 0 Å². The average molecular weight is 155 g/mol. The summed E-state index contributed by atoms with van der Waals surface area (Å²) in [6, 6.07) is 0. The molecule has 0 aromatic heterocycles. The number of rotatable bonds is 0. The molecule has 3 nitrogen and oxygen atoms in total. The number of carbonyl (C=O) groups is 1. The van der Waals surface area contributed by atoms with E-state index in [2.05, 4.69) is 0 Å². The third-order valence-electron chi connectivity index (χ3n) is 1.31. The molecule has 0 unspecified atom stereocenters. The van der Waals surface area contributed by atoms with Crippen LogP contribution in [0, 0.1) is 0 Å².